The topological polar surface area (TPSA) is 159 Å². The summed E-state index contributed by atoms with van der Waals surface area (Å²) >= 11 is 0. The smallest absolute Gasteiger partial charge is 0.461 e. The molecule has 1 aromatic carbocycles. The van der Waals surface area contributed by atoms with Crippen molar-refractivity contribution in [1.82, 2.24) is 0 Å². The summed E-state index contributed by atoms with van der Waals surface area (Å²) in [4.78, 5) is 48.3. The lowest BCUT2D eigenvalue weighted by Gasteiger charge is -2.21. The lowest BCUT2D eigenvalue weighted by Crippen LogP contribution is -2.36. The summed E-state index contributed by atoms with van der Waals surface area (Å²) in [6.45, 7) is 14.6. The Hall–Kier alpha value is -3.54. The number of carbonyl (C=O) groups excluding carboxylic acids is 4. The molecule has 2 atom stereocenters. The fourth-order valence-electron chi connectivity index (χ4n) is 2.63. The molecule has 1 rings (SSSR count). The molecule has 0 aliphatic heterocycles. The Morgan fingerprint density at radius 2 is 1.32 bits per heavy atom. The number of hydrogen-bond acceptors (Lipinski definition) is 12. The maximum absolute atomic E-state index is 12.4. The lowest BCUT2D eigenvalue weighted by molar-refractivity contribution is -0.148. The minimum atomic E-state index is -1.10. The van der Waals surface area contributed by atoms with Gasteiger partial charge in [0.2, 0.25) is 0 Å². The number of nitrogens with two attached hydrogens (primary N) is 1. The first kappa shape index (κ1) is 32.5. The zero-order valence-electron chi connectivity index (χ0n) is 23.4. The van der Waals surface area contributed by atoms with Crippen LogP contribution in [-0.4, -0.2) is 60.5 Å². The first-order chi connectivity index (χ1) is 17.3. The maximum Gasteiger partial charge on any atom is 0.514 e. The van der Waals surface area contributed by atoms with Crippen LogP contribution in [0.25, 0.3) is 0 Å². The van der Waals surface area contributed by atoms with E-state index in [0.717, 1.165) is 0 Å². The van der Waals surface area contributed by atoms with E-state index in [4.69, 9.17) is 38.9 Å². The third-order valence-electron chi connectivity index (χ3n) is 4.02. The van der Waals surface area contributed by atoms with Crippen LogP contribution in [0.5, 0.6) is 11.5 Å². The first-order valence-electron chi connectivity index (χ1n) is 12.1. The Bertz CT molecular complexity index is 976. The minimum absolute atomic E-state index is 0.0130. The van der Waals surface area contributed by atoms with Crippen molar-refractivity contribution in [2.75, 3.05) is 6.61 Å². The van der Waals surface area contributed by atoms with Gasteiger partial charge in [0.15, 0.2) is 11.5 Å². The minimum Gasteiger partial charge on any atom is -0.461 e. The van der Waals surface area contributed by atoms with Crippen molar-refractivity contribution in [3.05, 3.63) is 23.8 Å². The van der Waals surface area contributed by atoms with Crippen LogP contribution in [0, 0.1) is 0 Å². The van der Waals surface area contributed by atoms with Crippen LogP contribution in [0.15, 0.2) is 18.2 Å². The van der Waals surface area contributed by atoms with Crippen LogP contribution in [0.4, 0.5) is 14.4 Å². The van der Waals surface area contributed by atoms with E-state index in [0.29, 0.717) is 5.56 Å². The fourth-order valence-corrected chi connectivity index (χ4v) is 2.63. The Labute approximate surface area is 223 Å². The summed E-state index contributed by atoms with van der Waals surface area (Å²) in [7, 11) is 0. The highest BCUT2D eigenvalue weighted by Crippen LogP contribution is 2.31. The van der Waals surface area contributed by atoms with Gasteiger partial charge in [0.05, 0.1) is 6.10 Å². The van der Waals surface area contributed by atoms with E-state index in [1.807, 2.05) is 0 Å². The number of ether oxygens (including phenoxy) is 7. The third-order valence-corrected chi connectivity index (χ3v) is 4.02. The molecule has 0 heterocycles. The molecule has 38 heavy (non-hydrogen) atoms. The predicted octanol–water partition coefficient (Wildman–Crippen LogP) is 4.68. The van der Waals surface area contributed by atoms with Crippen LogP contribution < -0.4 is 15.2 Å². The Morgan fingerprint density at radius 1 is 0.789 bits per heavy atom. The zero-order chi connectivity index (χ0) is 29.3. The highest BCUT2D eigenvalue weighted by Gasteiger charge is 2.25. The monoisotopic (exact) mass is 541 g/mol. The number of carbonyl (C=O) groups is 4. The quantitative estimate of drug-likeness (QED) is 0.262. The molecule has 0 spiro atoms. The van der Waals surface area contributed by atoms with Gasteiger partial charge >= 0.3 is 24.4 Å². The third kappa shape index (κ3) is 13.7. The van der Waals surface area contributed by atoms with E-state index >= 15 is 0 Å². The summed E-state index contributed by atoms with van der Waals surface area (Å²) in [5, 5.41) is 0. The van der Waals surface area contributed by atoms with Gasteiger partial charge in [-0.2, -0.15) is 0 Å². The summed E-state index contributed by atoms with van der Waals surface area (Å²) in [5.41, 5.74) is 4.80. The van der Waals surface area contributed by atoms with Crippen molar-refractivity contribution in [2.45, 2.75) is 98.2 Å². The molecule has 0 saturated heterocycles. The molecular formula is C26H39NO11. The molecule has 12 nitrogen and oxygen atoms in total. The van der Waals surface area contributed by atoms with Crippen LogP contribution in [0.3, 0.4) is 0 Å². The van der Waals surface area contributed by atoms with Gasteiger partial charge in [-0.05, 0) is 86.4 Å². The lowest BCUT2D eigenvalue weighted by atomic mass is 10.1. The zero-order valence-corrected chi connectivity index (χ0v) is 23.4. The van der Waals surface area contributed by atoms with Crippen molar-refractivity contribution in [1.29, 1.82) is 0 Å². The molecule has 0 saturated carbocycles. The predicted molar refractivity (Wildman–Crippen MR) is 135 cm³/mol. The average molecular weight is 542 g/mol. The highest BCUT2D eigenvalue weighted by molar-refractivity contribution is 5.76. The van der Waals surface area contributed by atoms with E-state index in [1.165, 1.54) is 25.1 Å². The second kappa shape index (κ2) is 13.8. The van der Waals surface area contributed by atoms with Gasteiger partial charge in [0.1, 0.15) is 30.0 Å². The molecule has 1 unspecified atom stereocenters. The molecule has 214 valence electrons. The van der Waals surface area contributed by atoms with Gasteiger partial charge in [-0.15, -0.1) is 0 Å². The molecular weight excluding hydrogens is 502 g/mol. The van der Waals surface area contributed by atoms with Crippen LogP contribution >= 0.6 is 0 Å². The number of benzene rings is 1. The van der Waals surface area contributed by atoms with E-state index < -0.39 is 47.8 Å². The Balaban J connectivity index is 2.92. The van der Waals surface area contributed by atoms with E-state index in [-0.39, 0.29) is 30.6 Å². The largest absolute Gasteiger partial charge is 0.514 e. The fraction of sp³-hybridized carbons (Fsp3) is 0.615. The van der Waals surface area contributed by atoms with Gasteiger partial charge in [-0.1, -0.05) is 6.07 Å². The molecule has 12 heteroatoms. The molecule has 0 radical (unpaired) electrons. The summed E-state index contributed by atoms with van der Waals surface area (Å²) in [6.07, 6.45) is -4.03. The first-order valence-corrected chi connectivity index (χ1v) is 12.1. The number of hydrogen-bond donors (Lipinski definition) is 1. The SMILES string of the molecule is CC(C)OC(=O)OC(C)COC(=O)[C@@H](N)Cc1ccc(OC(=O)OC(C)(C)C)c(OC(=O)OC(C)(C)C)c1. The summed E-state index contributed by atoms with van der Waals surface area (Å²) in [6, 6.07) is 3.18. The van der Waals surface area contributed by atoms with Gasteiger partial charge in [-0.25, -0.2) is 14.4 Å². The standard InChI is InChI=1S/C26H39NO11/c1-15(2)33-22(29)34-16(3)14-32-21(28)18(27)12-17-10-11-19(35-23(30)37-25(4,5)6)20(13-17)36-24(31)38-26(7,8)9/h10-11,13,15-16,18H,12,14,27H2,1-9H3/t16?,18-/m0/s1. The summed E-state index contributed by atoms with van der Waals surface area (Å²) in [5.74, 6) is -1.00. The second-order valence-electron chi connectivity index (χ2n) is 10.7. The molecule has 0 bridgehead atoms. The molecule has 0 aliphatic carbocycles. The molecule has 0 aliphatic rings. The number of rotatable bonds is 9. The van der Waals surface area contributed by atoms with Crippen molar-refractivity contribution in [3.63, 3.8) is 0 Å². The van der Waals surface area contributed by atoms with Crippen molar-refractivity contribution in [3.8, 4) is 11.5 Å². The van der Waals surface area contributed by atoms with Crippen LogP contribution in [0.2, 0.25) is 0 Å². The molecule has 0 amide bonds. The molecule has 0 fully saturated rings. The van der Waals surface area contributed by atoms with E-state index in [2.05, 4.69) is 0 Å². The number of esters is 1. The van der Waals surface area contributed by atoms with Gasteiger partial charge in [0, 0.05) is 0 Å². The van der Waals surface area contributed by atoms with Crippen molar-refractivity contribution in [2.24, 2.45) is 5.73 Å². The second-order valence-corrected chi connectivity index (χ2v) is 10.7. The molecule has 2 N–H and O–H groups in total. The normalized spacial score (nSPS) is 13.1. The van der Waals surface area contributed by atoms with Crippen molar-refractivity contribution >= 4 is 24.4 Å². The van der Waals surface area contributed by atoms with Crippen LogP contribution in [0.1, 0.15) is 67.9 Å². The maximum atomic E-state index is 12.4. The van der Waals surface area contributed by atoms with Gasteiger partial charge in [0.25, 0.3) is 0 Å². The van der Waals surface area contributed by atoms with E-state index in [1.54, 1.807) is 55.4 Å². The van der Waals surface area contributed by atoms with E-state index in [9.17, 15) is 19.2 Å². The van der Waals surface area contributed by atoms with Crippen molar-refractivity contribution < 1.29 is 52.3 Å². The molecule has 0 aromatic heterocycles. The van der Waals surface area contributed by atoms with Crippen LogP contribution in [-0.2, 0) is 34.9 Å². The summed E-state index contributed by atoms with van der Waals surface area (Å²) < 4.78 is 35.8. The Kier molecular flexibility index (Phi) is 11.8. The van der Waals surface area contributed by atoms with Gasteiger partial charge in [-0.3, -0.25) is 4.79 Å². The highest BCUT2D eigenvalue weighted by atomic mass is 16.8. The average Bonchev–Trinajstić information content (AvgIpc) is 2.70. The van der Waals surface area contributed by atoms with Gasteiger partial charge < -0.3 is 38.9 Å². The Morgan fingerprint density at radius 3 is 1.82 bits per heavy atom. The molecule has 1 aromatic rings.